The Bertz CT molecular complexity index is 645. The van der Waals surface area contributed by atoms with Crippen molar-refractivity contribution in [2.75, 3.05) is 29.8 Å². The molecule has 0 aromatic carbocycles. The predicted octanol–water partition coefficient (Wildman–Crippen LogP) is 5.94. The van der Waals surface area contributed by atoms with Gasteiger partial charge < -0.3 is 9.47 Å². The van der Waals surface area contributed by atoms with E-state index in [9.17, 15) is 9.59 Å². The molecule has 0 aliphatic carbocycles. The lowest BCUT2D eigenvalue weighted by Gasteiger charge is -2.11. The number of hydrogen-bond acceptors (Lipinski definition) is 10. The van der Waals surface area contributed by atoms with E-state index < -0.39 is 0 Å². The first kappa shape index (κ1) is 25.3. The standard InChI is InChI=1S/C19H24O4S6/c1-5-16(20)22-7-14-12(3)26-18(28-14)9-24-11-25-10-19-27-13(4)15(29-19)8-23-17(21)6-2/h5-6,18-19H,1-2,7-11H2,3-4H3. The van der Waals surface area contributed by atoms with E-state index in [1.807, 2.05) is 47.0 Å². The average Bonchev–Trinajstić information content (AvgIpc) is 3.25. The van der Waals surface area contributed by atoms with Crippen molar-refractivity contribution in [3.8, 4) is 0 Å². The third-order valence-electron chi connectivity index (χ3n) is 3.65. The van der Waals surface area contributed by atoms with Gasteiger partial charge in [0.05, 0.1) is 9.16 Å². The van der Waals surface area contributed by atoms with E-state index in [1.165, 1.54) is 22.0 Å². The summed E-state index contributed by atoms with van der Waals surface area (Å²) in [6.45, 7) is 11.7. The monoisotopic (exact) mass is 508 g/mol. The second kappa shape index (κ2) is 13.4. The van der Waals surface area contributed by atoms with Crippen LogP contribution in [0.5, 0.6) is 0 Å². The number of rotatable bonds is 12. The molecule has 0 saturated heterocycles. The van der Waals surface area contributed by atoms with Gasteiger partial charge in [0.15, 0.2) is 0 Å². The summed E-state index contributed by atoms with van der Waals surface area (Å²) >= 11 is 11.2. The summed E-state index contributed by atoms with van der Waals surface area (Å²) in [5.74, 6) is 1.37. The molecule has 0 saturated carbocycles. The van der Waals surface area contributed by atoms with Gasteiger partial charge in [0.2, 0.25) is 0 Å². The van der Waals surface area contributed by atoms with Gasteiger partial charge in [-0.2, -0.15) is 0 Å². The van der Waals surface area contributed by atoms with Gasteiger partial charge in [0.1, 0.15) is 13.2 Å². The Morgan fingerprint density at radius 1 is 0.862 bits per heavy atom. The number of hydrogen-bond donors (Lipinski definition) is 0. The van der Waals surface area contributed by atoms with Crippen LogP contribution in [0.15, 0.2) is 44.9 Å². The maximum absolute atomic E-state index is 11.2. The molecule has 0 spiro atoms. The van der Waals surface area contributed by atoms with Gasteiger partial charge >= 0.3 is 11.9 Å². The van der Waals surface area contributed by atoms with Gasteiger partial charge in [-0.3, -0.25) is 0 Å². The molecule has 2 aliphatic heterocycles. The SMILES string of the molecule is C=CC(=O)OCC1=C(C)SC(CSCSCC2SC(C)=C(COC(=O)C=C)S2)S1. The topological polar surface area (TPSA) is 52.6 Å². The van der Waals surface area contributed by atoms with E-state index >= 15 is 0 Å². The smallest absolute Gasteiger partial charge is 0.330 e. The van der Waals surface area contributed by atoms with Crippen LogP contribution in [0.2, 0.25) is 0 Å². The highest BCUT2D eigenvalue weighted by molar-refractivity contribution is 8.26. The van der Waals surface area contributed by atoms with Crippen LogP contribution < -0.4 is 0 Å². The minimum absolute atomic E-state index is 0.344. The van der Waals surface area contributed by atoms with Crippen molar-refractivity contribution in [3.63, 3.8) is 0 Å². The molecule has 0 amide bonds. The number of carbonyl (C=O) groups excluding carboxylic acids is 2. The molecule has 10 heteroatoms. The van der Waals surface area contributed by atoms with E-state index in [0.29, 0.717) is 22.4 Å². The Morgan fingerprint density at radius 2 is 1.28 bits per heavy atom. The molecule has 2 unspecified atom stereocenters. The molecule has 0 bridgehead atoms. The van der Waals surface area contributed by atoms with Crippen molar-refractivity contribution < 1.29 is 19.1 Å². The molecule has 0 aromatic rings. The fraction of sp³-hybridized carbons (Fsp3) is 0.474. The zero-order chi connectivity index (χ0) is 21.2. The van der Waals surface area contributed by atoms with Crippen LogP contribution in [0, 0.1) is 0 Å². The van der Waals surface area contributed by atoms with E-state index in [4.69, 9.17) is 9.47 Å². The molecule has 2 rings (SSSR count). The summed E-state index contributed by atoms with van der Waals surface area (Å²) < 4.78 is 11.2. The van der Waals surface area contributed by atoms with Crippen LogP contribution in [0.25, 0.3) is 0 Å². The number of esters is 2. The predicted molar refractivity (Wildman–Crippen MR) is 135 cm³/mol. The fourth-order valence-corrected chi connectivity index (χ4v) is 11.0. The van der Waals surface area contributed by atoms with Crippen LogP contribution in [-0.4, -0.2) is 50.9 Å². The number of carbonyl (C=O) groups is 2. The molecular weight excluding hydrogens is 485 g/mol. The Morgan fingerprint density at radius 3 is 1.66 bits per heavy atom. The second-order valence-electron chi connectivity index (χ2n) is 5.77. The number of thioether (sulfide) groups is 6. The first-order chi connectivity index (χ1) is 13.9. The summed E-state index contributed by atoms with van der Waals surface area (Å²) in [4.78, 5) is 27.2. The van der Waals surface area contributed by atoms with Crippen molar-refractivity contribution in [3.05, 3.63) is 44.9 Å². The van der Waals surface area contributed by atoms with Gasteiger partial charge in [-0.1, -0.05) is 13.2 Å². The lowest BCUT2D eigenvalue weighted by Crippen LogP contribution is -2.04. The van der Waals surface area contributed by atoms with Gasteiger partial charge in [-0.05, 0) is 23.7 Å². The highest BCUT2D eigenvalue weighted by Gasteiger charge is 2.25. The zero-order valence-corrected chi connectivity index (χ0v) is 21.2. The van der Waals surface area contributed by atoms with Crippen LogP contribution in [0.3, 0.4) is 0 Å². The van der Waals surface area contributed by atoms with Crippen molar-refractivity contribution in [1.29, 1.82) is 0 Å². The zero-order valence-electron chi connectivity index (χ0n) is 16.3. The summed E-state index contributed by atoms with van der Waals surface area (Å²) in [5, 5.41) is 1.05. The molecule has 0 N–H and O–H groups in total. The van der Waals surface area contributed by atoms with Crippen LogP contribution in [-0.2, 0) is 19.1 Å². The van der Waals surface area contributed by atoms with Crippen molar-refractivity contribution in [2.45, 2.75) is 23.0 Å². The largest absolute Gasteiger partial charge is 0.457 e. The summed E-state index contributed by atoms with van der Waals surface area (Å²) in [6, 6.07) is 0. The van der Waals surface area contributed by atoms with Crippen LogP contribution in [0.4, 0.5) is 0 Å². The lowest BCUT2D eigenvalue weighted by atomic mass is 10.5. The summed E-state index contributed by atoms with van der Waals surface area (Å²) in [7, 11) is 0. The van der Waals surface area contributed by atoms with Gasteiger partial charge in [0.25, 0.3) is 0 Å². The Hall–Kier alpha value is -0.000000000000000222. The number of ether oxygens (including phenoxy) is 2. The average molecular weight is 509 g/mol. The normalized spacial score (nSPS) is 21.4. The van der Waals surface area contributed by atoms with E-state index in [0.717, 1.165) is 26.4 Å². The molecule has 2 aliphatic rings. The molecule has 0 fully saturated rings. The third-order valence-corrected chi connectivity index (χ3v) is 12.7. The second-order valence-corrected chi connectivity index (χ2v) is 14.2. The van der Waals surface area contributed by atoms with Crippen LogP contribution in [0.1, 0.15) is 13.8 Å². The molecule has 2 heterocycles. The van der Waals surface area contributed by atoms with E-state index in [2.05, 4.69) is 27.0 Å². The van der Waals surface area contributed by atoms with Crippen molar-refractivity contribution in [1.82, 2.24) is 0 Å². The minimum Gasteiger partial charge on any atom is -0.457 e. The van der Waals surface area contributed by atoms with E-state index in [1.54, 1.807) is 23.5 Å². The maximum Gasteiger partial charge on any atom is 0.330 e. The van der Waals surface area contributed by atoms with Gasteiger partial charge in [0, 0.05) is 38.6 Å². The van der Waals surface area contributed by atoms with E-state index in [-0.39, 0.29) is 11.9 Å². The lowest BCUT2D eigenvalue weighted by molar-refractivity contribution is -0.137. The molecule has 2 atom stereocenters. The first-order valence-corrected chi connectivity index (χ1v) is 14.6. The Kier molecular flexibility index (Phi) is 11.7. The Labute approximate surface area is 198 Å². The molecule has 29 heavy (non-hydrogen) atoms. The fourth-order valence-electron chi connectivity index (χ4n) is 2.20. The highest BCUT2D eigenvalue weighted by Crippen LogP contribution is 2.48. The minimum atomic E-state index is -0.375. The third kappa shape index (κ3) is 8.95. The van der Waals surface area contributed by atoms with Crippen molar-refractivity contribution >= 4 is 82.5 Å². The number of allylic oxidation sites excluding steroid dienone is 2. The maximum atomic E-state index is 11.2. The Balaban J connectivity index is 1.56. The van der Waals surface area contributed by atoms with Gasteiger partial charge in [-0.25, -0.2) is 9.59 Å². The first-order valence-electron chi connectivity index (χ1n) is 8.73. The summed E-state index contributed by atoms with van der Waals surface area (Å²) in [5.41, 5.74) is 0. The summed E-state index contributed by atoms with van der Waals surface area (Å²) in [6.07, 6.45) is 2.39. The molecule has 0 aromatic heterocycles. The molecule has 0 radical (unpaired) electrons. The highest BCUT2D eigenvalue weighted by atomic mass is 32.2. The van der Waals surface area contributed by atoms with Gasteiger partial charge in [-0.15, -0.1) is 70.6 Å². The molecule has 4 nitrogen and oxygen atoms in total. The molecular formula is C19H24O4S6. The quantitative estimate of drug-likeness (QED) is 0.137. The van der Waals surface area contributed by atoms with Crippen molar-refractivity contribution in [2.24, 2.45) is 0 Å². The van der Waals surface area contributed by atoms with Crippen LogP contribution >= 0.6 is 70.6 Å². The molecule has 160 valence electrons.